The highest BCUT2D eigenvalue weighted by Gasteiger charge is 2.07. The molecule has 0 fully saturated rings. The molecule has 16 heavy (non-hydrogen) atoms. The molecule has 0 amide bonds. The zero-order chi connectivity index (χ0) is 12.0. The fourth-order valence-corrected chi connectivity index (χ4v) is 2.44. The van der Waals surface area contributed by atoms with E-state index in [4.69, 9.17) is 17.3 Å². The van der Waals surface area contributed by atoms with E-state index in [1.807, 2.05) is 23.9 Å². The Balaban J connectivity index is 2.33. The van der Waals surface area contributed by atoms with E-state index in [2.05, 4.69) is 26.0 Å². The van der Waals surface area contributed by atoms with Crippen molar-refractivity contribution in [3.05, 3.63) is 34.9 Å². The molecule has 1 aromatic rings. The van der Waals surface area contributed by atoms with Gasteiger partial charge in [0.1, 0.15) is 0 Å². The van der Waals surface area contributed by atoms with Crippen LogP contribution >= 0.6 is 23.4 Å². The van der Waals surface area contributed by atoms with E-state index in [0.29, 0.717) is 5.25 Å². The molecule has 1 aromatic carbocycles. The van der Waals surface area contributed by atoms with E-state index in [9.17, 15) is 0 Å². The Morgan fingerprint density at radius 1 is 1.31 bits per heavy atom. The van der Waals surface area contributed by atoms with Gasteiger partial charge in [0.05, 0.1) is 0 Å². The molecule has 2 atom stereocenters. The molecule has 1 rings (SSSR count). The molecule has 0 spiro atoms. The quantitative estimate of drug-likeness (QED) is 0.840. The number of hydrogen-bond donors (Lipinski definition) is 1. The van der Waals surface area contributed by atoms with Gasteiger partial charge in [-0.2, -0.15) is 11.8 Å². The van der Waals surface area contributed by atoms with Gasteiger partial charge in [-0.3, -0.25) is 0 Å². The summed E-state index contributed by atoms with van der Waals surface area (Å²) in [6, 6.07) is 8.18. The zero-order valence-corrected chi connectivity index (χ0v) is 11.5. The van der Waals surface area contributed by atoms with E-state index in [0.717, 1.165) is 17.2 Å². The fraction of sp³-hybridized carbons (Fsp3) is 0.538. The maximum Gasteiger partial charge on any atom is 0.0406 e. The summed E-state index contributed by atoms with van der Waals surface area (Å²) in [5.74, 6) is 1.03. The van der Waals surface area contributed by atoms with Gasteiger partial charge in [0, 0.05) is 22.1 Å². The second-order valence-electron chi connectivity index (χ2n) is 4.14. The molecule has 0 saturated carbocycles. The van der Waals surface area contributed by atoms with Gasteiger partial charge < -0.3 is 5.73 Å². The molecule has 0 radical (unpaired) electrons. The fourth-order valence-electron chi connectivity index (χ4n) is 1.39. The van der Waals surface area contributed by atoms with Gasteiger partial charge in [-0.1, -0.05) is 37.6 Å². The molecule has 90 valence electrons. The first-order valence-electron chi connectivity index (χ1n) is 5.73. The molecule has 0 aliphatic carbocycles. The SMILES string of the molecule is CCC(C)SCC(N)Cc1ccc(Cl)cc1. The van der Waals surface area contributed by atoms with Crippen LogP contribution in [0.15, 0.2) is 24.3 Å². The van der Waals surface area contributed by atoms with E-state index in [1.54, 1.807) is 0 Å². The molecule has 0 aromatic heterocycles. The van der Waals surface area contributed by atoms with Crippen LogP contribution in [0.4, 0.5) is 0 Å². The van der Waals surface area contributed by atoms with Gasteiger partial charge in [-0.05, 0) is 30.5 Å². The van der Waals surface area contributed by atoms with Crippen molar-refractivity contribution in [2.45, 2.75) is 38.0 Å². The van der Waals surface area contributed by atoms with Crippen molar-refractivity contribution >= 4 is 23.4 Å². The Kier molecular flexibility index (Phi) is 6.25. The molecular weight excluding hydrogens is 238 g/mol. The topological polar surface area (TPSA) is 26.0 Å². The number of halogens is 1. The molecule has 0 aliphatic rings. The molecule has 1 nitrogen and oxygen atoms in total. The van der Waals surface area contributed by atoms with Crippen LogP contribution in [0.25, 0.3) is 0 Å². The van der Waals surface area contributed by atoms with E-state index < -0.39 is 0 Å². The van der Waals surface area contributed by atoms with Crippen LogP contribution in [0.1, 0.15) is 25.8 Å². The highest BCUT2D eigenvalue weighted by atomic mass is 35.5. The summed E-state index contributed by atoms with van der Waals surface area (Å²) in [7, 11) is 0. The largest absolute Gasteiger partial charge is 0.327 e. The van der Waals surface area contributed by atoms with Crippen molar-refractivity contribution in [1.29, 1.82) is 0 Å². The van der Waals surface area contributed by atoms with Crippen molar-refractivity contribution < 1.29 is 0 Å². The monoisotopic (exact) mass is 257 g/mol. The Bertz CT molecular complexity index is 299. The van der Waals surface area contributed by atoms with Crippen molar-refractivity contribution in [3.63, 3.8) is 0 Å². The van der Waals surface area contributed by atoms with Gasteiger partial charge in [-0.25, -0.2) is 0 Å². The Labute approximate surface area is 108 Å². The van der Waals surface area contributed by atoms with Gasteiger partial charge in [0.15, 0.2) is 0 Å². The lowest BCUT2D eigenvalue weighted by Gasteiger charge is -2.14. The van der Waals surface area contributed by atoms with Gasteiger partial charge in [-0.15, -0.1) is 0 Å². The lowest BCUT2D eigenvalue weighted by atomic mass is 10.1. The van der Waals surface area contributed by atoms with E-state index in [-0.39, 0.29) is 6.04 Å². The second kappa shape index (κ2) is 7.21. The van der Waals surface area contributed by atoms with Crippen LogP contribution in [0.2, 0.25) is 5.02 Å². The average Bonchev–Trinajstić information content (AvgIpc) is 2.29. The maximum absolute atomic E-state index is 6.09. The normalized spacial score (nSPS) is 14.8. The van der Waals surface area contributed by atoms with Crippen LogP contribution in [0.3, 0.4) is 0 Å². The summed E-state index contributed by atoms with van der Waals surface area (Å²) < 4.78 is 0. The summed E-state index contributed by atoms with van der Waals surface area (Å²) in [6.45, 7) is 4.46. The van der Waals surface area contributed by atoms with Crippen LogP contribution in [0.5, 0.6) is 0 Å². The van der Waals surface area contributed by atoms with Gasteiger partial charge in [0.25, 0.3) is 0 Å². The second-order valence-corrected chi connectivity index (χ2v) is 6.05. The van der Waals surface area contributed by atoms with Crippen LogP contribution in [-0.4, -0.2) is 17.0 Å². The summed E-state index contributed by atoms with van der Waals surface area (Å²) in [4.78, 5) is 0. The lowest BCUT2D eigenvalue weighted by Crippen LogP contribution is -2.26. The van der Waals surface area contributed by atoms with E-state index in [1.165, 1.54) is 12.0 Å². The first-order valence-corrected chi connectivity index (χ1v) is 7.16. The Morgan fingerprint density at radius 2 is 1.94 bits per heavy atom. The maximum atomic E-state index is 6.09. The average molecular weight is 258 g/mol. The number of thioether (sulfide) groups is 1. The van der Waals surface area contributed by atoms with E-state index >= 15 is 0 Å². The highest BCUT2D eigenvalue weighted by Crippen LogP contribution is 2.16. The predicted molar refractivity (Wildman–Crippen MR) is 75.3 cm³/mol. The summed E-state index contributed by atoms with van der Waals surface area (Å²) in [6.07, 6.45) is 2.14. The van der Waals surface area contributed by atoms with Crippen molar-refractivity contribution in [3.8, 4) is 0 Å². The van der Waals surface area contributed by atoms with Crippen molar-refractivity contribution in [2.24, 2.45) is 5.73 Å². The highest BCUT2D eigenvalue weighted by molar-refractivity contribution is 7.99. The molecule has 0 aliphatic heterocycles. The molecule has 3 heteroatoms. The first-order chi connectivity index (χ1) is 7.61. The smallest absolute Gasteiger partial charge is 0.0406 e. The molecular formula is C13H20ClNS. The van der Waals surface area contributed by atoms with Crippen LogP contribution in [0, 0.1) is 0 Å². The van der Waals surface area contributed by atoms with Crippen molar-refractivity contribution in [1.82, 2.24) is 0 Å². The zero-order valence-electron chi connectivity index (χ0n) is 9.95. The Hall–Kier alpha value is -0.180. The number of nitrogens with two attached hydrogens (primary N) is 1. The Morgan fingerprint density at radius 3 is 2.50 bits per heavy atom. The summed E-state index contributed by atoms with van der Waals surface area (Å²) >= 11 is 7.79. The van der Waals surface area contributed by atoms with Gasteiger partial charge >= 0.3 is 0 Å². The number of benzene rings is 1. The third-order valence-corrected chi connectivity index (χ3v) is 4.36. The standard InChI is InChI=1S/C13H20ClNS/c1-3-10(2)16-9-13(15)8-11-4-6-12(14)7-5-11/h4-7,10,13H,3,8-9,15H2,1-2H3. The summed E-state index contributed by atoms with van der Waals surface area (Å²) in [5.41, 5.74) is 7.36. The molecule has 0 heterocycles. The third-order valence-electron chi connectivity index (χ3n) is 2.58. The molecule has 2 unspecified atom stereocenters. The van der Waals surface area contributed by atoms with Crippen LogP contribution in [-0.2, 0) is 6.42 Å². The number of hydrogen-bond acceptors (Lipinski definition) is 2. The summed E-state index contributed by atoms with van der Waals surface area (Å²) in [5, 5.41) is 1.49. The van der Waals surface area contributed by atoms with Gasteiger partial charge in [0.2, 0.25) is 0 Å². The molecule has 0 saturated heterocycles. The third kappa shape index (κ3) is 5.24. The minimum atomic E-state index is 0.236. The lowest BCUT2D eigenvalue weighted by molar-refractivity contribution is 0.745. The number of rotatable bonds is 6. The predicted octanol–water partition coefficient (Wildman–Crippen LogP) is 3.74. The molecule has 2 N–H and O–H groups in total. The van der Waals surface area contributed by atoms with Crippen LogP contribution < -0.4 is 5.73 Å². The first kappa shape index (κ1) is 13.9. The van der Waals surface area contributed by atoms with Crippen molar-refractivity contribution in [2.75, 3.05) is 5.75 Å². The minimum Gasteiger partial charge on any atom is -0.327 e. The molecule has 0 bridgehead atoms. The minimum absolute atomic E-state index is 0.236.